The van der Waals surface area contributed by atoms with E-state index in [1.807, 2.05) is 0 Å². The van der Waals surface area contributed by atoms with Crippen LogP contribution in [0.3, 0.4) is 0 Å². The number of aromatic nitrogens is 2. The summed E-state index contributed by atoms with van der Waals surface area (Å²) in [6.45, 7) is 1.90. The molecule has 0 bridgehead atoms. The lowest BCUT2D eigenvalue weighted by Gasteiger charge is -2.22. The van der Waals surface area contributed by atoms with E-state index in [-0.39, 0.29) is 24.5 Å². The molecule has 0 saturated carbocycles. The van der Waals surface area contributed by atoms with Gasteiger partial charge >= 0.3 is 6.01 Å². The Kier molecular flexibility index (Phi) is 4.71. The van der Waals surface area contributed by atoms with E-state index in [9.17, 15) is 4.39 Å². The standard InChI is InChI=1S/C9H12FN3O.ClH/c10-7-5-12-9(13-6-7)14-8-1-3-11-4-2-8;/h5-6,8,11H,1-4H2;1H. The fraction of sp³-hybridized carbons (Fsp3) is 0.556. The zero-order chi connectivity index (χ0) is 9.80. The maximum absolute atomic E-state index is 12.5. The number of nitrogens with one attached hydrogen (secondary N) is 1. The van der Waals surface area contributed by atoms with Crippen LogP contribution >= 0.6 is 12.4 Å². The molecule has 2 rings (SSSR count). The average molecular weight is 234 g/mol. The van der Waals surface area contributed by atoms with Crippen molar-refractivity contribution in [2.24, 2.45) is 0 Å². The predicted octanol–water partition coefficient (Wildman–Crippen LogP) is 1.17. The first kappa shape index (κ1) is 12.1. The molecule has 0 atom stereocenters. The number of piperidine rings is 1. The summed E-state index contributed by atoms with van der Waals surface area (Å²) < 4.78 is 18.0. The van der Waals surface area contributed by atoms with Crippen molar-refractivity contribution in [1.82, 2.24) is 15.3 Å². The average Bonchev–Trinajstić information content (AvgIpc) is 2.23. The monoisotopic (exact) mass is 233 g/mol. The molecule has 84 valence electrons. The van der Waals surface area contributed by atoms with Gasteiger partial charge in [-0.1, -0.05) is 0 Å². The van der Waals surface area contributed by atoms with E-state index < -0.39 is 5.82 Å². The molecule has 1 N–H and O–H groups in total. The summed E-state index contributed by atoms with van der Waals surface area (Å²) in [6, 6.07) is 0.262. The van der Waals surface area contributed by atoms with Crippen LogP contribution in [-0.2, 0) is 0 Å². The van der Waals surface area contributed by atoms with Gasteiger partial charge in [0.15, 0.2) is 5.82 Å². The summed E-state index contributed by atoms with van der Waals surface area (Å²) in [5, 5.41) is 3.23. The third-order valence-corrected chi connectivity index (χ3v) is 2.15. The minimum atomic E-state index is -0.442. The highest BCUT2D eigenvalue weighted by molar-refractivity contribution is 5.85. The SMILES string of the molecule is Cl.Fc1cnc(OC2CCNCC2)nc1. The zero-order valence-electron chi connectivity index (χ0n) is 8.15. The number of ether oxygens (including phenoxy) is 1. The Bertz CT molecular complexity index is 290. The Morgan fingerprint density at radius 1 is 1.27 bits per heavy atom. The Morgan fingerprint density at radius 3 is 2.47 bits per heavy atom. The molecule has 0 amide bonds. The zero-order valence-corrected chi connectivity index (χ0v) is 8.97. The highest BCUT2D eigenvalue weighted by atomic mass is 35.5. The second-order valence-electron chi connectivity index (χ2n) is 3.25. The summed E-state index contributed by atoms with van der Waals surface area (Å²) in [6.07, 6.45) is 4.27. The van der Waals surface area contributed by atoms with Crippen molar-refractivity contribution in [3.05, 3.63) is 18.2 Å². The van der Waals surface area contributed by atoms with E-state index >= 15 is 0 Å². The van der Waals surface area contributed by atoms with Crippen molar-refractivity contribution in [2.45, 2.75) is 18.9 Å². The highest BCUT2D eigenvalue weighted by Gasteiger charge is 2.15. The number of halogens is 2. The Balaban J connectivity index is 0.00000112. The maximum atomic E-state index is 12.5. The molecule has 1 fully saturated rings. The lowest BCUT2D eigenvalue weighted by atomic mass is 10.1. The first-order chi connectivity index (χ1) is 6.84. The third kappa shape index (κ3) is 3.60. The fourth-order valence-electron chi connectivity index (χ4n) is 1.42. The first-order valence-electron chi connectivity index (χ1n) is 4.69. The molecule has 0 radical (unpaired) electrons. The number of nitrogens with zero attached hydrogens (tertiary/aromatic N) is 2. The van der Waals surface area contributed by atoms with Crippen molar-refractivity contribution in [3.8, 4) is 6.01 Å². The molecule has 0 aromatic carbocycles. The van der Waals surface area contributed by atoms with Gasteiger partial charge < -0.3 is 10.1 Å². The van der Waals surface area contributed by atoms with Crippen LogP contribution in [0.5, 0.6) is 6.01 Å². The van der Waals surface area contributed by atoms with Gasteiger partial charge in [-0.25, -0.2) is 14.4 Å². The van der Waals surface area contributed by atoms with E-state index in [4.69, 9.17) is 4.74 Å². The molecule has 1 aliphatic rings. The molecule has 2 heterocycles. The van der Waals surface area contributed by atoms with Crippen LogP contribution in [0.25, 0.3) is 0 Å². The molecular formula is C9H13ClFN3O. The maximum Gasteiger partial charge on any atom is 0.316 e. The van der Waals surface area contributed by atoms with Gasteiger partial charge in [0.2, 0.25) is 0 Å². The van der Waals surface area contributed by atoms with Crippen molar-refractivity contribution in [2.75, 3.05) is 13.1 Å². The summed E-state index contributed by atoms with van der Waals surface area (Å²) in [7, 11) is 0. The molecule has 0 spiro atoms. The van der Waals surface area contributed by atoms with Crippen molar-refractivity contribution in [1.29, 1.82) is 0 Å². The molecule has 1 aromatic rings. The number of hydrogen-bond acceptors (Lipinski definition) is 4. The topological polar surface area (TPSA) is 47.0 Å². The molecular weight excluding hydrogens is 221 g/mol. The van der Waals surface area contributed by atoms with E-state index in [0.29, 0.717) is 0 Å². The van der Waals surface area contributed by atoms with Crippen LogP contribution in [0.1, 0.15) is 12.8 Å². The Hall–Kier alpha value is -0.940. The van der Waals surface area contributed by atoms with Crippen LogP contribution in [-0.4, -0.2) is 29.2 Å². The van der Waals surface area contributed by atoms with Crippen molar-refractivity contribution in [3.63, 3.8) is 0 Å². The molecule has 0 aliphatic carbocycles. The minimum absolute atomic E-state index is 0. The third-order valence-electron chi connectivity index (χ3n) is 2.15. The van der Waals surface area contributed by atoms with Crippen LogP contribution < -0.4 is 10.1 Å². The summed E-state index contributed by atoms with van der Waals surface area (Å²) in [5.74, 6) is -0.442. The minimum Gasteiger partial charge on any atom is -0.460 e. The molecule has 1 aromatic heterocycles. The van der Waals surface area contributed by atoms with E-state index in [2.05, 4.69) is 15.3 Å². The smallest absolute Gasteiger partial charge is 0.316 e. The van der Waals surface area contributed by atoms with Crippen LogP contribution in [0, 0.1) is 5.82 Å². The van der Waals surface area contributed by atoms with E-state index in [1.54, 1.807) is 0 Å². The molecule has 1 saturated heterocycles. The van der Waals surface area contributed by atoms with Gasteiger partial charge in [0, 0.05) is 0 Å². The second-order valence-corrected chi connectivity index (χ2v) is 3.25. The Labute approximate surface area is 93.7 Å². The van der Waals surface area contributed by atoms with Crippen molar-refractivity contribution >= 4 is 12.4 Å². The molecule has 15 heavy (non-hydrogen) atoms. The van der Waals surface area contributed by atoms with Gasteiger partial charge in [-0.15, -0.1) is 12.4 Å². The summed E-state index contributed by atoms with van der Waals surface area (Å²) in [4.78, 5) is 7.49. The van der Waals surface area contributed by atoms with Gasteiger partial charge in [-0.3, -0.25) is 0 Å². The largest absolute Gasteiger partial charge is 0.460 e. The second kappa shape index (κ2) is 5.82. The van der Waals surface area contributed by atoms with Crippen LogP contribution in [0.2, 0.25) is 0 Å². The van der Waals surface area contributed by atoms with Crippen molar-refractivity contribution < 1.29 is 9.13 Å². The van der Waals surface area contributed by atoms with Gasteiger partial charge in [-0.2, -0.15) is 0 Å². The lowest BCUT2D eigenvalue weighted by Crippen LogP contribution is -2.34. The van der Waals surface area contributed by atoms with Crippen LogP contribution in [0.4, 0.5) is 4.39 Å². The highest BCUT2D eigenvalue weighted by Crippen LogP contribution is 2.10. The molecule has 1 aliphatic heterocycles. The molecule has 6 heteroatoms. The van der Waals surface area contributed by atoms with Gasteiger partial charge in [0.05, 0.1) is 12.4 Å². The summed E-state index contributed by atoms with van der Waals surface area (Å²) >= 11 is 0. The van der Waals surface area contributed by atoms with E-state index in [1.165, 1.54) is 0 Å². The van der Waals surface area contributed by atoms with Crippen LogP contribution in [0.15, 0.2) is 12.4 Å². The first-order valence-corrected chi connectivity index (χ1v) is 4.69. The predicted molar refractivity (Wildman–Crippen MR) is 55.8 cm³/mol. The molecule has 4 nitrogen and oxygen atoms in total. The van der Waals surface area contributed by atoms with Gasteiger partial charge in [0.1, 0.15) is 6.10 Å². The quantitative estimate of drug-likeness (QED) is 0.833. The van der Waals surface area contributed by atoms with Gasteiger partial charge in [-0.05, 0) is 25.9 Å². The van der Waals surface area contributed by atoms with E-state index in [0.717, 1.165) is 38.3 Å². The number of rotatable bonds is 2. The molecule has 0 unspecified atom stereocenters. The number of hydrogen-bond donors (Lipinski definition) is 1. The van der Waals surface area contributed by atoms with Gasteiger partial charge in [0.25, 0.3) is 0 Å². The normalized spacial score (nSPS) is 16.9. The fourth-order valence-corrected chi connectivity index (χ4v) is 1.42. The summed E-state index contributed by atoms with van der Waals surface area (Å²) in [5.41, 5.74) is 0. The lowest BCUT2D eigenvalue weighted by molar-refractivity contribution is 0.148. The Morgan fingerprint density at radius 2 is 1.87 bits per heavy atom.